The highest BCUT2D eigenvalue weighted by atomic mass is 32.2. The number of hydrogen-bond donors (Lipinski definition) is 2. The zero-order valence-corrected chi connectivity index (χ0v) is 13.8. The van der Waals surface area contributed by atoms with E-state index in [-0.39, 0.29) is 10.4 Å². The minimum Gasteiger partial charge on any atom is -0.398 e. The van der Waals surface area contributed by atoms with Crippen LogP contribution in [0.2, 0.25) is 0 Å². The molecule has 1 saturated carbocycles. The predicted molar refractivity (Wildman–Crippen MR) is 85.7 cm³/mol. The van der Waals surface area contributed by atoms with Crippen molar-refractivity contribution in [2.75, 3.05) is 26.4 Å². The zero-order chi connectivity index (χ0) is 15.7. The summed E-state index contributed by atoms with van der Waals surface area (Å²) in [5, 5.41) is 0. The van der Waals surface area contributed by atoms with Crippen LogP contribution < -0.4 is 10.5 Å². The molecule has 1 aliphatic carbocycles. The van der Waals surface area contributed by atoms with Crippen LogP contribution in [0.15, 0.2) is 23.1 Å². The van der Waals surface area contributed by atoms with Gasteiger partial charge in [-0.2, -0.15) is 0 Å². The van der Waals surface area contributed by atoms with Crippen molar-refractivity contribution in [3.05, 3.63) is 23.8 Å². The number of nitrogens with two attached hydrogens (primary N) is 1. The highest BCUT2D eigenvalue weighted by molar-refractivity contribution is 7.89. The first-order chi connectivity index (χ1) is 9.77. The second-order valence-electron chi connectivity index (χ2n) is 6.19. The molecule has 0 aromatic heterocycles. The number of likely N-dealkylation sites (N-methyl/N-ethyl adjacent to an activating group) is 1. The second kappa shape index (κ2) is 5.94. The first-order valence-electron chi connectivity index (χ1n) is 7.30. The van der Waals surface area contributed by atoms with E-state index < -0.39 is 10.0 Å². The van der Waals surface area contributed by atoms with Crippen LogP contribution in [0.1, 0.15) is 31.2 Å². The standard InChI is InChI=1S/C15H25N3O2S/c1-12-6-7-14(13(16)10-12)21(19,20)17-11-15(18(2)3)8-4-5-9-15/h6-7,10,17H,4-5,8-9,11,16H2,1-3H3. The van der Waals surface area contributed by atoms with E-state index >= 15 is 0 Å². The van der Waals surface area contributed by atoms with Gasteiger partial charge in [0.25, 0.3) is 0 Å². The Hall–Kier alpha value is -1.11. The summed E-state index contributed by atoms with van der Waals surface area (Å²) in [6.07, 6.45) is 4.33. The highest BCUT2D eigenvalue weighted by Gasteiger charge is 2.37. The summed E-state index contributed by atoms with van der Waals surface area (Å²) in [7, 11) is 0.459. The molecule has 1 fully saturated rings. The number of nitrogens with zero attached hydrogens (tertiary/aromatic N) is 1. The van der Waals surface area contributed by atoms with E-state index in [9.17, 15) is 8.42 Å². The molecule has 0 unspecified atom stereocenters. The maximum Gasteiger partial charge on any atom is 0.242 e. The Labute approximate surface area is 127 Å². The number of hydrogen-bond acceptors (Lipinski definition) is 4. The Morgan fingerprint density at radius 3 is 2.43 bits per heavy atom. The zero-order valence-electron chi connectivity index (χ0n) is 13.0. The minimum atomic E-state index is -3.57. The summed E-state index contributed by atoms with van der Waals surface area (Å²) in [5.41, 5.74) is 7.03. The van der Waals surface area contributed by atoms with Crippen LogP contribution in [-0.2, 0) is 10.0 Å². The molecule has 0 heterocycles. The normalized spacial score (nSPS) is 18.3. The molecule has 0 spiro atoms. The molecule has 0 atom stereocenters. The summed E-state index contributed by atoms with van der Waals surface area (Å²) < 4.78 is 27.7. The molecule has 0 amide bonds. The summed E-state index contributed by atoms with van der Waals surface area (Å²) in [6.45, 7) is 2.31. The average Bonchev–Trinajstić information content (AvgIpc) is 2.86. The van der Waals surface area contributed by atoms with Gasteiger partial charge in [-0.3, -0.25) is 0 Å². The first-order valence-corrected chi connectivity index (χ1v) is 8.78. The molecule has 1 aromatic rings. The van der Waals surface area contributed by atoms with E-state index in [4.69, 9.17) is 5.73 Å². The molecule has 1 aliphatic rings. The monoisotopic (exact) mass is 311 g/mol. The Bertz CT molecular complexity index is 605. The van der Waals surface area contributed by atoms with Crippen molar-refractivity contribution in [3.8, 4) is 0 Å². The summed E-state index contributed by atoms with van der Waals surface area (Å²) in [5.74, 6) is 0. The van der Waals surface area contributed by atoms with Crippen LogP contribution in [-0.4, -0.2) is 39.5 Å². The Balaban J connectivity index is 2.18. The fourth-order valence-corrected chi connectivity index (χ4v) is 4.27. The molecule has 3 N–H and O–H groups in total. The lowest BCUT2D eigenvalue weighted by molar-refractivity contribution is 0.162. The van der Waals surface area contributed by atoms with Gasteiger partial charge in [-0.1, -0.05) is 18.9 Å². The molecule has 6 heteroatoms. The van der Waals surface area contributed by atoms with Gasteiger partial charge in [0.2, 0.25) is 10.0 Å². The molecular weight excluding hydrogens is 286 g/mol. The first kappa shape index (κ1) is 16.3. The number of nitrogen functional groups attached to an aromatic ring is 1. The van der Waals surface area contributed by atoms with Crippen LogP contribution in [0.25, 0.3) is 0 Å². The molecule has 5 nitrogen and oxygen atoms in total. The number of sulfonamides is 1. The molecule has 1 aromatic carbocycles. The van der Waals surface area contributed by atoms with Crippen molar-refractivity contribution in [2.24, 2.45) is 0 Å². The largest absolute Gasteiger partial charge is 0.398 e. The van der Waals surface area contributed by atoms with Gasteiger partial charge in [0.05, 0.1) is 5.69 Å². The number of benzene rings is 1. The van der Waals surface area contributed by atoms with E-state index in [2.05, 4.69) is 9.62 Å². The fourth-order valence-electron chi connectivity index (χ4n) is 3.03. The lowest BCUT2D eigenvalue weighted by atomic mass is 9.97. The Kier molecular flexibility index (Phi) is 4.60. The molecule has 118 valence electrons. The summed E-state index contributed by atoms with van der Waals surface area (Å²) in [4.78, 5) is 2.31. The van der Waals surface area contributed by atoms with Gasteiger partial charge >= 0.3 is 0 Å². The predicted octanol–water partition coefficient (Wildman–Crippen LogP) is 1.73. The van der Waals surface area contributed by atoms with E-state index in [1.54, 1.807) is 18.2 Å². The quantitative estimate of drug-likeness (QED) is 0.812. The summed E-state index contributed by atoms with van der Waals surface area (Å²) in [6, 6.07) is 5.03. The molecule has 0 aliphatic heterocycles. The number of nitrogens with one attached hydrogen (secondary N) is 1. The third-order valence-corrected chi connectivity index (χ3v) is 6.00. The average molecular weight is 311 g/mol. The topological polar surface area (TPSA) is 75.4 Å². The van der Waals surface area contributed by atoms with Crippen molar-refractivity contribution in [3.63, 3.8) is 0 Å². The lowest BCUT2D eigenvalue weighted by Crippen LogP contribution is -2.50. The van der Waals surface area contributed by atoms with Gasteiger partial charge in [-0.05, 0) is 51.6 Å². The van der Waals surface area contributed by atoms with Crippen LogP contribution >= 0.6 is 0 Å². The SMILES string of the molecule is Cc1ccc(S(=O)(=O)NCC2(N(C)C)CCCC2)c(N)c1. The molecular formula is C15H25N3O2S. The molecule has 0 radical (unpaired) electrons. The van der Waals surface area contributed by atoms with Crippen molar-refractivity contribution < 1.29 is 8.42 Å². The van der Waals surface area contributed by atoms with E-state index in [0.29, 0.717) is 12.2 Å². The lowest BCUT2D eigenvalue weighted by Gasteiger charge is -2.36. The molecule has 0 saturated heterocycles. The van der Waals surface area contributed by atoms with Gasteiger partial charge in [-0.25, -0.2) is 13.1 Å². The third-order valence-electron chi connectivity index (χ3n) is 4.53. The maximum absolute atomic E-state index is 12.5. The fraction of sp³-hybridized carbons (Fsp3) is 0.600. The molecule has 0 bridgehead atoms. The van der Waals surface area contributed by atoms with Crippen molar-refractivity contribution >= 4 is 15.7 Å². The van der Waals surface area contributed by atoms with Gasteiger partial charge in [-0.15, -0.1) is 0 Å². The highest BCUT2D eigenvalue weighted by Crippen LogP contribution is 2.33. The van der Waals surface area contributed by atoms with Crippen LogP contribution in [0.4, 0.5) is 5.69 Å². The van der Waals surface area contributed by atoms with Crippen molar-refractivity contribution in [1.82, 2.24) is 9.62 Å². The van der Waals surface area contributed by atoms with Crippen molar-refractivity contribution in [2.45, 2.75) is 43.0 Å². The second-order valence-corrected chi connectivity index (χ2v) is 7.93. The Morgan fingerprint density at radius 1 is 1.29 bits per heavy atom. The molecule has 21 heavy (non-hydrogen) atoms. The van der Waals surface area contributed by atoms with Crippen LogP contribution in [0.3, 0.4) is 0 Å². The number of rotatable bonds is 5. The molecule has 2 rings (SSSR count). The minimum absolute atomic E-state index is 0.0769. The van der Waals surface area contributed by atoms with Crippen LogP contribution in [0.5, 0.6) is 0 Å². The van der Waals surface area contributed by atoms with E-state index in [1.807, 2.05) is 21.0 Å². The smallest absolute Gasteiger partial charge is 0.242 e. The number of anilines is 1. The third kappa shape index (κ3) is 3.39. The van der Waals surface area contributed by atoms with Crippen molar-refractivity contribution in [1.29, 1.82) is 0 Å². The maximum atomic E-state index is 12.5. The van der Waals surface area contributed by atoms with E-state index in [1.165, 1.54) is 0 Å². The summed E-state index contributed by atoms with van der Waals surface area (Å²) >= 11 is 0. The van der Waals surface area contributed by atoms with Gasteiger partial charge in [0, 0.05) is 12.1 Å². The van der Waals surface area contributed by atoms with Gasteiger partial charge < -0.3 is 10.6 Å². The number of aryl methyl sites for hydroxylation is 1. The van der Waals surface area contributed by atoms with Gasteiger partial charge in [0.1, 0.15) is 4.90 Å². The van der Waals surface area contributed by atoms with Crippen LogP contribution in [0, 0.1) is 6.92 Å². The van der Waals surface area contributed by atoms with E-state index in [0.717, 1.165) is 31.2 Å². The van der Waals surface area contributed by atoms with Gasteiger partial charge in [0.15, 0.2) is 0 Å². The Morgan fingerprint density at radius 2 is 1.90 bits per heavy atom.